The SMILES string of the molecule is CNC(=O)c1cc(Oc2ccc3c(c2)nc(Nc2ccc(N(C)CCN(C)C)cc2)n3C)ccn1. The van der Waals surface area contributed by atoms with Crippen molar-refractivity contribution in [3.63, 3.8) is 0 Å². The van der Waals surface area contributed by atoms with Gasteiger partial charge in [-0.25, -0.2) is 4.98 Å². The third kappa shape index (κ3) is 5.70. The highest BCUT2D eigenvalue weighted by molar-refractivity contribution is 5.92. The molecule has 9 nitrogen and oxygen atoms in total. The van der Waals surface area contributed by atoms with E-state index in [2.05, 4.69) is 70.8 Å². The minimum absolute atomic E-state index is 0.264. The summed E-state index contributed by atoms with van der Waals surface area (Å²) in [4.78, 5) is 25.1. The molecule has 0 aliphatic rings. The number of rotatable bonds is 9. The smallest absolute Gasteiger partial charge is 0.269 e. The maximum Gasteiger partial charge on any atom is 0.269 e. The Bertz CT molecular complexity index is 1320. The van der Waals surface area contributed by atoms with Gasteiger partial charge in [0.1, 0.15) is 17.2 Å². The number of nitrogens with zero attached hydrogens (tertiary/aromatic N) is 5. The number of anilines is 3. The monoisotopic (exact) mass is 473 g/mol. The van der Waals surface area contributed by atoms with Crippen molar-refractivity contribution in [2.75, 3.05) is 51.5 Å². The summed E-state index contributed by atoms with van der Waals surface area (Å²) in [6.45, 7) is 1.96. The number of carbonyl (C=O) groups is 1. The number of nitrogens with one attached hydrogen (secondary N) is 2. The molecule has 0 spiro atoms. The van der Waals surface area contributed by atoms with Crippen LogP contribution in [0.2, 0.25) is 0 Å². The van der Waals surface area contributed by atoms with E-state index < -0.39 is 0 Å². The fourth-order valence-electron chi connectivity index (χ4n) is 3.63. The van der Waals surface area contributed by atoms with Gasteiger partial charge in [-0.05, 0) is 56.6 Å². The van der Waals surface area contributed by atoms with Crippen LogP contribution in [0.15, 0.2) is 60.8 Å². The van der Waals surface area contributed by atoms with Crippen molar-refractivity contribution < 1.29 is 9.53 Å². The molecule has 2 N–H and O–H groups in total. The van der Waals surface area contributed by atoms with Gasteiger partial charge in [-0.2, -0.15) is 0 Å². The molecule has 1 amide bonds. The summed E-state index contributed by atoms with van der Waals surface area (Å²) in [7, 11) is 9.80. The predicted octanol–water partition coefficient (Wildman–Crippen LogP) is 3.86. The van der Waals surface area contributed by atoms with E-state index in [4.69, 9.17) is 9.72 Å². The van der Waals surface area contributed by atoms with E-state index in [-0.39, 0.29) is 5.91 Å². The van der Waals surface area contributed by atoms with Crippen molar-refractivity contribution in [3.8, 4) is 11.5 Å². The Balaban J connectivity index is 1.48. The molecular formula is C26H31N7O2. The van der Waals surface area contributed by atoms with Crippen molar-refractivity contribution in [1.82, 2.24) is 24.8 Å². The largest absolute Gasteiger partial charge is 0.457 e. The van der Waals surface area contributed by atoms with Gasteiger partial charge < -0.3 is 29.7 Å². The number of aromatic nitrogens is 3. The lowest BCUT2D eigenvalue weighted by Gasteiger charge is -2.21. The van der Waals surface area contributed by atoms with E-state index in [1.807, 2.05) is 29.8 Å². The van der Waals surface area contributed by atoms with Gasteiger partial charge in [0.15, 0.2) is 0 Å². The first-order chi connectivity index (χ1) is 16.8. The lowest BCUT2D eigenvalue weighted by Crippen LogP contribution is -2.28. The topological polar surface area (TPSA) is 87.5 Å². The third-order valence-corrected chi connectivity index (χ3v) is 5.73. The van der Waals surface area contributed by atoms with E-state index in [0.717, 1.165) is 35.8 Å². The molecule has 2 heterocycles. The number of hydrogen-bond acceptors (Lipinski definition) is 7. The molecule has 4 rings (SSSR count). The van der Waals surface area contributed by atoms with Crippen LogP contribution in [-0.4, -0.2) is 66.6 Å². The van der Waals surface area contributed by atoms with Crippen molar-refractivity contribution in [2.45, 2.75) is 0 Å². The molecule has 35 heavy (non-hydrogen) atoms. The second-order valence-electron chi connectivity index (χ2n) is 8.60. The molecular weight excluding hydrogens is 442 g/mol. The zero-order valence-corrected chi connectivity index (χ0v) is 20.7. The minimum Gasteiger partial charge on any atom is -0.457 e. The number of hydrogen-bond donors (Lipinski definition) is 2. The lowest BCUT2D eigenvalue weighted by molar-refractivity contribution is 0.0958. The van der Waals surface area contributed by atoms with Crippen molar-refractivity contribution in [3.05, 3.63) is 66.5 Å². The fraction of sp³-hybridized carbons (Fsp3) is 0.269. The highest BCUT2D eigenvalue weighted by atomic mass is 16.5. The second-order valence-corrected chi connectivity index (χ2v) is 8.60. The van der Waals surface area contributed by atoms with E-state index in [1.165, 1.54) is 5.69 Å². The lowest BCUT2D eigenvalue weighted by atomic mass is 10.2. The van der Waals surface area contributed by atoms with E-state index in [0.29, 0.717) is 17.2 Å². The molecule has 0 bridgehead atoms. The van der Waals surface area contributed by atoms with Gasteiger partial charge in [-0.1, -0.05) is 0 Å². The minimum atomic E-state index is -0.264. The molecule has 4 aromatic rings. The van der Waals surface area contributed by atoms with Crippen molar-refractivity contribution in [1.29, 1.82) is 0 Å². The van der Waals surface area contributed by atoms with Gasteiger partial charge in [0.2, 0.25) is 5.95 Å². The second kappa shape index (κ2) is 10.4. The first kappa shape index (κ1) is 24.0. The van der Waals surface area contributed by atoms with Gasteiger partial charge in [-0.15, -0.1) is 0 Å². The summed E-state index contributed by atoms with van der Waals surface area (Å²) < 4.78 is 7.97. The maximum atomic E-state index is 11.8. The number of imidazole rings is 1. The Morgan fingerprint density at radius 1 is 1.00 bits per heavy atom. The summed E-state index contributed by atoms with van der Waals surface area (Å²) in [5.74, 6) is 1.63. The predicted molar refractivity (Wildman–Crippen MR) is 140 cm³/mol. The number of fused-ring (bicyclic) bond motifs is 1. The zero-order valence-electron chi connectivity index (χ0n) is 20.7. The molecule has 0 saturated heterocycles. The molecule has 0 unspecified atom stereocenters. The van der Waals surface area contributed by atoms with E-state index in [1.54, 1.807) is 25.4 Å². The standard InChI is InChI=1S/C26H31N7O2/c1-27-25(34)23-17-21(12-13-28-23)35-20-10-11-24-22(16-20)30-26(33(24)5)29-18-6-8-19(9-7-18)32(4)15-14-31(2)3/h6-13,16-17H,14-15H2,1-5H3,(H,27,34)(H,29,30). The van der Waals surface area contributed by atoms with Crippen LogP contribution in [0.25, 0.3) is 11.0 Å². The maximum absolute atomic E-state index is 11.8. The van der Waals surface area contributed by atoms with Gasteiger partial charge in [-0.3, -0.25) is 9.78 Å². The summed E-state index contributed by atoms with van der Waals surface area (Å²) in [6.07, 6.45) is 1.55. The van der Waals surface area contributed by atoms with Crippen LogP contribution in [-0.2, 0) is 7.05 Å². The highest BCUT2D eigenvalue weighted by Crippen LogP contribution is 2.28. The molecule has 182 valence electrons. The molecule has 0 atom stereocenters. The quantitative estimate of drug-likeness (QED) is 0.382. The molecule has 0 aliphatic heterocycles. The van der Waals surface area contributed by atoms with Crippen LogP contribution < -0.4 is 20.3 Å². The Kier molecular flexibility index (Phi) is 7.17. The molecule has 0 saturated carbocycles. The number of likely N-dealkylation sites (N-methyl/N-ethyl adjacent to an activating group) is 2. The van der Waals surface area contributed by atoms with Gasteiger partial charge in [0.05, 0.1) is 11.0 Å². The average Bonchev–Trinajstić information content (AvgIpc) is 3.16. The molecule has 2 aromatic carbocycles. The number of benzene rings is 2. The van der Waals surface area contributed by atoms with Crippen LogP contribution in [0, 0.1) is 0 Å². The molecule has 0 aliphatic carbocycles. The first-order valence-electron chi connectivity index (χ1n) is 11.4. The average molecular weight is 474 g/mol. The Hall–Kier alpha value is -4.11. The van der Waals surface area contributed by atoms with Crippen LogP contribution in [0.4, 0.5) is 17.3 Å². The molecule has 0 radical (unpaired) electrons. The molecule has 9 heteroatoms. The van der Waals surface area contributed by atoms with Crippen molar-refractivity contribution in [2.24, 2.45) is 7.05 Å². The number of carbonyl (C=O) groups excluding carboxylic acids is 1. The number of pyridine rings is 1. The zero-order chi connectivity index (χ0) is 24.9. The molecule has 2 aromatic heterocycles. The Morgan fingerprint density at radius 2 is 1.74 bits per heavy atom. The Morgan fingerprint density at radius 3 is 2.46 bits per heavy atom. The van der Waals surface area contributed by atoms with E-state index in [9.17, 15) is 4.79 Å². The van der Waals surface area contributed by atoms with Gasteiger partial charge in [0, 0.05) is 63.9 Å². The number of amides is 1. The number of aryl methyl sites for hydroxylation is 1. The first-order valence-corrected chi connectivity index (χ1v) is 11.4. The number of ether oxygens (including phenoxy) is 1. The fourth-order valence-corrected chi connectivity index (χ4v) is 3.63. The van der Waals surface area contributed by atoms with Crippen LogP contribution >= 0.6 is 0 Å². The van der Waals surface area contributed by atoms with Gasteiger partial charge in [0.25, 0.3) is 5.91 Å². The van der Waals surface area contributed by atoms with Crippen LogP contribution in [0.5, 0.6) is 11.5 Å². The normalized spacial score (nSPS) is 11.0. The summed E-state index contributed by atoms with van der Waals surface area (Å²) in [5.41, 5.74) is 4.20. The van der Waals surface area contributed by atoms with Crippen molar-refractivity contribution >= 4 is 34.3 Å². The molecule has 0 fully saturated rings. The van der Waals surface area contributed by atoms with Gasteiger partial charge >= 0.3 is 0 Å². The van der Waals surface area contributed by atoms with E-state index >= 15 is 0 Å². The van der Waals surface area contributed by atoms with Crippen LogP contribution in [0.3, 0.4) is 0 Å². The highest BCUT2D eigenvalue weighted by Gasteiger charge is 2.11. The third-order valence-electron chi connectivity index (χ3n) is 5.73. The Labute approximate surface area is 205 Å². The summed E-state index contributed by atoms with van der Waals surface area (Å²) >= 11 is 0. The summed E-state index contributed by atoms with van der Waals surface area (Å²) in [5, 5.41) is 5.97. The van der Waals surface area contributed by atoms with Crippen LogP contribution in [0.1, 0.15) is 10.5 Å². The summed E-state index contributed by atoms with van der Waals surface area (Å²) in [6, 6.07) is 17.4.